The van der Waals surface area contributed by atoms with Crippen molar-refractivity contribution in [3.63, 3.8) is 0 Å². The van der Waals surface area contributed by atoms with E-state index < -0.39 is 29.1 Å². The van der Waals surface area contributed by atoms with Crippen LogP contribution in [0.5, 0.6) is 0 Å². The van der Waals surface area contributed by atoms with Crippen molar-refractivity contribution in [2.45, 2.75) is 22.8 Å². The second kappa shape index (κ2) is 4.16. The Labute approximate surface area is 82.2 Å². The van der Waals surface area contributed by atoms with E-state index in [1.165, 1.54) is 6.07 Å². The Morgan fingerprint density at radius 1 is 1.54 bits per heavy atom. The van der Waals surface area contributed by atoms with Gasteiger partial charge in [-0.2, -0.15) is 18.4 Å². The first-order valence-corrected chi connectivity index (χ1v) is 3.84. The van der Waals surface area contributed by atoms with Crippen LogP contribution in [0.2, 0.25) is 0 Å². The molecular formula is C6H4Cl2F3NO. The van der Waals surface area contributed by atoms with Crippen molar-refractivity contribution in [3.05, 3.63) is 0 Å². The number of aldehydes is 1. The highest BCUT2D eigenvalue weighted by atomic mass is 35.5. The van der Waals surface area contributed by atoms with Crippen LogP contribution >= 0.6 is 23.2 Å². The number of hydrogen-bond donors (Lipinski definition) is 0. The van der Waals surface area contributed by atoms with Gasteiger partial charge in [-0.3, -0.25) is 0 Å². The Kier molecular flexibility index (Phi) is 4.01. The van der Waals surface area contributed by atoms with Gasteiger partial charge in [0.05, 0.1) is 6.07 Å². The van der Waals surface area contributed by atoms with Crippen LogP contribution in [-0.4, -0.2) is 22.7 Å². The van der Waals surface area contributed by atoms with Crippen LogP contribution in [0, 0.1) is 11.3 Å². The van der Waals surface area contributed by atoms with Gasteiger partial charge in [0.2, 0.25) is 0 Å². The van der Waals surface area contributed by atoms with Crippen molar-refractivity contribution in [3.8, 4) is 6.07 Å². The molecule has 0 saturated heterocycles. The van der Waals surface area contributed by atoms with Gasteiger partial charge >= 0.3 is 6.18 Å². The first-order chi connectivity index (χ1) is 5.77. The minimum atomic E-state index is -4.90. The molecule has 0 bridgehead atoms. The molecule has 0 saturated carbocycles. The van der Waals surface area contributed by atoms with E-state index in [1.54, 1.807) is 0 Å². The fraction of sp³-hybridized carbons (Fsp3) is 0.667. The summed E-state index contributed by atoms with van der Waals surface area (Å²) in [5, 5.41) is 6.70. The molecular weight excluding hydrogens is 230 g/mol. The number of alkyl halides is 5. The predicted octanol–water partition coefficient (Wildman–Crippen LogP) is 2.25. The SMILES string of the molecule is N#CC(Cl)CC(Cl)(C=O)C(F)(F)F. The topological polar surface area (TPSA) is 40.9 Å². The molecule has 2 unspecified atom stereocenters. The maximum atomic E-state index is 12.1. The summed E-state index contributed by atoms with van der Waals surface area (Å²) in [4.78, 5) is 7.04. The van der Waals surface area contributed by atoms with E-state index in [0.717, 1.165) is 0 Å². The zero-order chi connectivity index (χ0) is 10.7. The summed E-state index contributed by atoms with van der Waals surface area (Å²) in [5.74, 6) is 0. The molecule has 13 heavy (non-hydrogen) atoms. The molecule has 0 radical (unpaired) electrons. The standard InChI is InChI=1S/C6H4Cl2F3NO/c7-4(2-12)1-5(8,3-13)6(9,10)11/h3-4H,1H2. The average molecular weight is 234 g/mol. The second-order valence-corrected chi connectivity index (χ2v) is 3.48. The lowest BCUT2D eigenvalue weighted by Crippen LogP contribution is -2.43. The highest BCUT2D eigenvalue weighted by Gasteiger charge is 2.54. The third-order valence-electron chi connectivity index (χ3n) is 1.27. The lowest BCUT2D eigenvalue weighted by molar-refractivity contribution is -0.165. The summed E-state index contributed by atoms with van der Waals surface area (Å²) in [7, 11) is 0. The van der Waals surface area contributed by atoms with E-state index in [0.29, 0.717) is 0 Å². The van der Waals surface area contributed by atoms with Crippen molar-refractivity contribution >= 4 is 29.5 Å². The summed E-state index contributed by atoms with van der Waals surface area (Å²) in [6, 6.07) is 1.35. The van der Waals surface area contributed by atoms with Gasteiger partial charge in [-0.05, 0) is 0 Å². The Hall–Kier alpha value is -0.470. The number of halogens is 5. The first kappa shape index (κ1) is 12.5. The Bertz CT molecular complexity index is 237. The van der Waals surface area contributed by atoms with Gasteiger partial charge in [-0.1, -0.05) is 0 Å². The molecule has 74 valence electrons. The molecule has 2 atom stereocenters. The average Bonchev–Trinajstić information content (AvgIpc) is 2.02. The van der Waals surface area contributed by atoms with E-state index in [9.17, 15) is 18.0 Å². The quantitative estimate of drug-likeness (QED) is 0.555. The number of hydrogen-bond acceptors (Lipinski definition) is 2. The van der Waals surface area contributed by atoms with E-state index >= 15 is 0 Å². The number of nitrogens with zero attached hydrogens (tertiary/aromatic N) is 1. The number of carbonyl (C=O) groups is 1. The normalized spacial score (nSPS) is 18.5. The first-order valence-electron chi connectivity index (χ1n) is 3.02. The van der Waals surface area contributed by atoms with Gasteiger partial charge in [0, 0.05) is 6.42 Å². The monoisotopic (exact) mass is 233 g/mol. The number of carbonyl (C=O) groups excluding carboxylic acids is 1. The molecule has 0 aliphatic carbocycles. The lowest BCUT2D eigenvalue weighted by atomic mass is 10.0. The van der Waals surface area contributed by atoms with Crippen molar-refractivity contribution in [1.82, 2.24) is 0 Å². The summed E-state index contributed by atoms with van der Waals surface area (Å²) in [5.41, 5.74) is 0. The maximum Gasteiger partial charge on any atom is 0.414 e. The van der Waals surface area contributed by atoms with Gasteiger partial charge in [-0.25, -0.2) is 0 Å². The zero-order valence-corrected chi connectivity index (χ0v) is 7.62. The molecule has 7 heteroatoms. The van der Waals surface area contributed by atoms with Crippen LogP contribution in [0.15, 0.2) is 0 Å². The van der Waals surface area contributed by atoms with Crippen LogP contribution in [0.25, 0.3) is 0 Å². The third kappa shape index (κ3) is 3.05. The van der Waals surface area contributed by atoms with Crippen LogP contribution < -0.4 is 0 Å². The molecule has 0 fully saturated rings. The minimum Gasteiger partial charge on any atom is -0.301 e. The van der Waals surface area contributed by atoms with Gasteiger partial charge in [0.15, 0.2) is 4.87 Å². The zero-order valence-electron chi connectivity index (χ0n) is 6.11. The second-order valence-electron chi connectivity index (χ2n) is 2.28. The van der Waals surface area contributed by atoms with E-state index in [1.807, 2.05) is 0 Å². The maximum absolute atomic E-state index is 12.1. The molecule has 0 aliphatic heterocycles. The number of rotatable bonds is 3. The molecule has 0 amide bonds. The highest BCUT2D eigenvalue weighted by Crippen LogP contribution is 2.38. The number of nitriles is 1. The predicted molar refractivity (Wildman–Crippen MR) is 40.6 cm³/mol. The molecule has 0 rings (SSSR count). The molecule has 2 nitrogen and oxygen atoms in total. The van der Waals surface area contributed by atoms with Crippen molar-refractivity contribution in [2.75, 3.05) is 0 Å². The Balaban J connectivity index is 4.68. The minimum absolute atomic E-state index is 0.457. The largest absolute Gasteiger partial charge is 0.414 e. The van der Waals surface area contributed by atoms with Gasteiger partial charge in [0.25, 0.3) is 0 Å². The van der Waals surface area contributed by atoms with Crippen LogP contribution in [0.4, 0.5) is 13.2 Å². The molecule has 0 aromatic carbocycles. The third-order valence-corrected chi connectivity index (χ3v) is 1.98. The Morgan fingerprint density at radius 2 is 2.00 bits per heavy atom. The van der Waals surface area contributed by atoms with Gasteiger partial charge in [0.1, 0.15) is 11.7 Å². The van der Waals surface area contributed by atoms with Crippen molar-refractivity contribution in [2.24, 2.45) is 0 Å². The van der Waals surface area contributed by atoms with Crippen molar-refractivity contribution < 1.29 is 18.0 Å². The summed E-state index contributed by atoms with van der Waals surface area (Å²) < 4.78 is 36.2. The molecule has 0 aliphatic rings. The molecule has 0 heterocycles. The Morgan fingerprint density at radius 3 is 2.23 bits per heavy atom. The fourth-order valence-electron chi connectivity index (χ4n) is 0.537. The van der Waals surface area contributed by atoms with E-state index in [-0.39, 0.29) is 0 Å². The van der Waals surface area contributed by atoms with E-state index in [4.69, 9.17) is 28.5 Å². The molecule has 0 N–H and O–H groups in total. The van der Waals surface area contributed by atoms with Gasteiger partial charge < -0.3 is 4.79 Å². The molecule has 0 aromatic heterocycles. The van der Waals surface area contributed by atoms with Crippen LogP contribution in [-0.2, 0) is 4.79 Å². The molecule has 0 spiro atoms. The van der Waals surface area contributed by atoms with Crippen molar-refractivity contribution in [1.29, 1.82) is 5.26 Å². The highest BCUT2D eigenvalue weighted by molar-refractivity contribution is 6.33. The lowest BCUT2D eigenvalue weighted by Gasteiger charge is -2.23. The van der Waals surface area contributed by atoms with Crippen LogP contribution in [0.1, 0.15) is 6.42 Å². The van der Waals surface area contributed by atoms with Crippen LogP contribution in [0.3, 0.4) is 0 Å². The summed E-state index contributed by atoms with van der Waals surface area (Å²) in [6.07, 6.45) is -6.32. The smallest absolute Gasteiger partial charge is 0.301 e. The molecule has 0 aromatic rings. The van der Waals surface area contributed by atoms with E-state index in [2.05, 4.69) is 0 Å². The summed E-state index contributed by atoms with van der Waals surface area (Å²) in [6.45, 7) is 0. The van der Waals surface area contributed by atoms with Gasteiger partial charge in [-0.15, -0.1) is 23.2 Å². The fourth-order valence-corrected chi connectivity index (χ4v) is 1.01. The summed E-state index contributed by atoms with van der Waals surface area (Å²) >= 11 is 10.1.